The lowest BCUT2D eigenvalue weighted by atomic mass is 10.4. The minimum Gasteiger partial charge on any atom is -0.358 e. The molecule has 0 nitrogen and oxygen atoms in total. The summed E-state index contributed by atoms with van der Waals surface area (Å²) in [5.41, 5.74) is 0. The second kappa shape index (κ2) is 19.3. The van der Waals surface area contributed by atoms with Crippen LogP contribution in [-0.2, 0) is 0 Å². The SMILES string of the molecule is [C-]#CC#CC#CC#CC#CC#CC#CC#CC#CC#CC#CC#CC#[C-]. The Bertz CT molecular complexity index is 1220. The summed E-state index contributed by atoms with van der Waals surface area (Å²) >= 11 is 0. The molecule has 0 atom stereocenters. The van der Waals surface area contributed by atoms with Crippen LogP contribution in [0.15, 0.2) is 0 Å². The molecular weight excluding hydrogens is 312 g/mol. The molecule has 0 unspecified atom stereocenters. The van der Waals surface area contributed by atoms with E-state index in [9.17, 15) is 0 Å². The van der Waals surface area contributed by atoms with Crippen molar-refractivity contribution in [2.24, 2.45) is 0 Å². The molecule has 0 radical (unpaired) electrons. The number of rotatable bonds is 0. The van der Waals surface area contributed by atoms with Gasteiger partial charge in [-0.3, -0.25) is 11.8 Å². The highest BCUT2D eigenvalue weighted by Gasteiger charge is 1.58. The van der Waals surface area contributed by atoms with E-state index in [4.69, 9.17) is 12.8 Å². The molecule has 0 saturated carbocycles. The Morgan fingerprint density at radius 2 is 0.308 bits per heavy atom. The van der Waals surface area contributed by atoms with Crippen LogP contribution >= 0.6 is 0 Å². The van der Waals surface area contributed by atoms with Crippen molar-refractivity contribution in [2.75, 3.05) is 0 Å². The zero-order chi connectivity index (χ0) is 19.0. The molecule has 0 saturated heterocycles. The predicted molar refractivity (Wildman–Crippen MR) is 99.8 cm³/mol. The average Bonchev–Trinajstić information content (AvgIpc) is 2.66. The standard InChI is InChI=1S/C26/c1-3-5-7-9-11-13-15-17-19-21-23-25-26-24-22-20-18-16-14-12-10-8-6-4-2/q-2. The molecule has 106 valence electrons. The van der Waals surface area contributed by atoms with Crippen LogP contribution in [0.3, 0.4) is 0 Å². The molecule has 0 fully saturated rings. The lowest BCUT2D eigenvalue weighted by Gasteiger charge is -1.63. The number of hydrogen-bond donors (Lipinski definition) is 0. The van der Waals surface area contributed by atoms with Crippen molar-refractivity contribution in [3.63, 3.8) is 0 Å². The van der Waals surface area contributed by atoms with E-state index in [-0.39, 0.29) is 0 Å². The van der Waals surface area contributed by atoms with Gasteiger partial charge in [-0.05, 0) is 94.7 Å². The number of hydrogen-bond acceptors (Lipinski definition) is 0. The third-order valence-electron chi connectivity index (χ3n) is 1.44. The van der Waals surface area contributed by atoms with Gasteiger partial charge >= 0.3 is 0 Å². The van der Waals surface area contributed by atoms with Crippen molar-refractivity contribution in [1.29, 1.82) is 0 Å². The van der Waals surface area contributed by atoms with E-state index in [0.717, 1.165) is 0 Å². The quantitative estimate of drug-likeness (QED) is 0.443. The summed E-state index contributed by atoms with van der Waals surface area (Å²) in [5, 5.41) is 0. The molecule has 0 aliphatic rings. The molecule has 0 aromatic rings. The fourth-order valence-electron chi connectivity index (χ4n) is 0.688. The summed E-state index contributed by atoms with van der Waals surface area (Å²) in [6.07, 6.45) is 13.0. The Kier molecular flexibility index (Phi) is 15.0. The van der Waals surface area contributed by atoms with Gasteiger partial charge in [0.15, 0.2) is 0 Å². The maximum absolute atomic E-state index is 6.51. The molecule has 0 aromatic heterocycles. The second-order valence-corrected chi connectivity index (χ2v) is 3.00. The summed E-state index contributed by atoms with van der Waals surface area (Å²) in [4.78, 5) is 0. The van der Waals surface area contributed by atoms with E-state index in [0.29, 0.717) is 0 Å². The molecule has 0 rings (SSSR count). The summed E-state index contributed by atoms with van der Waals surface area (Å²) < 4.78 is 0. The zero-order valence-electron chi connectivity index (χ0n) is 13.0. The molecule has 26 heavy (non-hydrogen) atoms. The molecule has 0 heterocycles. The monoisotopic (exact) mass is 312 g/mol. The van der Waals surface area contributed by atoms with Crippen LogP contribution in [0.5, 0.6) is 0 Å². The van der Waals surface area contributed by atoms with Gasteiger partial charge in [0.1, 0.15) is 0 Å². The van der Waals surface area contributed by atoms with Crippen molar-refractivity contribution in [3.8, 4) is 142 Å². The molecule has 0 heteroatoms. The summed E-state index contributed by atoms with van der Waals surface area (Å²) in [6, 6.07) is 0. The van der Waals surface area contributed by atoms with Crippen molar-refractivity contribution in [2.45, 2.75) is 0 Å². The van der Waals surface area contributed by atoms with Crippen molar-refractivity contribution >= 4 is 0 Å². The first-order valence-electron chi connectivity index (χ1n) is 6.25. The third-order valence-corrected chi connectivity index (χ3v) is 1.44. The van der Waals surface area contributed by atoms with E-state index >= 15 is 0 Å². The molecule has 0 spiro atoms. The molecule has 0 aromatic carbocycles. The van der Waals surface area contributed by atoms with E-state index in [1.165, 1.54) is 0 Å². The van der Waals surface area contributed by atoms with Gasteiger partial charge in [-0.2, -0.15) is 0 Å². The smallest absolute Gasteiger partial charge is 0 e. The Morgan fingerprint density at radius 3 is 0.423 bits per heavy atom. The van der Waals surface area contributed by atoms with Crippen LogP contribution < -0.4 is 0 Å². The van der Waals surface area contributed by atoms with E-state index < -0.39 is 0 Å². The molecule has 0 aliphatic heterocycles. The first-order chi connectivity index (χ1) is 12.9. The Morgan fingerprint density at radius 1 is 0.192 bits per heavy atom. The first kappa shape index (κ1) is 20.3. The van der Waals surface area contributed by atoms with Crippen LogP contribution in [0.4, 0.5) is 0 Å². The van der Waals surface area contributed by atoms with Gasteiger partial charge in [-0.25, -0.2) is 11.8 Å². The maximum Gasteiger partial charge on any atom is 0 e. The topological polar surface area (TPSA) is 0 Å². The molecule has 0 aliphatic carbocycles. The minimum absolute atomic E-state index is 1.87. The lowest BCUT2D eigenvalue weighted by molar-refractivity contribution is 2.32. The van der Waals surface area contributed by atoms with Crippen molar-refractivity contribution in [1.82, 2.24) is 0 Å². The van der Waals surface area contributed by atoms with Gasteiger partial charge in [-0.15, -0.1) is 11.8 Å². The van der Waals surface area contributed by atoms with Gasteiger partial charge < -0.3 is 12.8 Å². The predicted octanol–water partition coefficient (Wildman–Crippen LogP) is 0.203. The van der Waals surface area contributed by atoms with Crippen LogP contribution in [0.2, 0.25) is 0 Å². The van der Waals surface area contributed by atoms with Crippen LogP contribution in [0, 0.1) is 155 Å². The second-order valence-electron chi connectivity index (χ2n) is 3.00. The average molecular weight is 312 g/mol. The van der Waals surface area contributed by atoms with Gasteiger partial charge in [0.2, 0.25) is 0 Å². The van der Waals surface area contributed by atoms with Gasteiger partial charge in [0.05, 0.1) is 0 Å². The first-order valence-corrected chi connectivity index (χ1v) is 6.25. The van der Waals surface area contributed by atoms with Crippen LogP contribution in [0.1, 0.15) is 0 Å². The summed E-state index contributed by atoms with van der Waals surface area (Å²) in [7, 11) is 0. The Labute approximate surface area is 155 Å². The highest BCUT2D eigenvalue weighted by Crippen LogP contribution is 1.59. The van der Waals surface area contributed by atoms with Gasteiger partial charge in [-0.1, -0.05) is 0 Å². The van der Waals surface area contributed by atoms with Crippen LogP contribution in [0.25, 0.3) is 0 Å². The van der Waals surface area contributed by atoms with E-state index in [1.807, 2.05) is 11.8 Å². The summed E-state index contributed by atoms with van der Waals surface area (Å²) in [5.74, 6) is 57.0. The van der Waals surface area contributed by atoms with Gasteiger partial charge in [0.25, 0.3) is 0 Å². The largest absolute Gasteiger partial charge is 0.358 e. The zero-order valence-corrected chi connectivity index (χ0v) is 13.0. The molecule has 0 N–H and O–H groups in total. The maximum atomic E-state index is 6.51. The van der Waals surface area contributed by atoms with Crippen molar-refractivity contribution < 1.29 is 0 Å². The Balaban J connectivity index is 4.43. The molecule has 0 amide bonds. The van der Waals surface area contributed by atoms with Gasteiger partial charge in [0, 0.05) is 11.8 Å². The highest BCUT2D eigenvalue weighted by atomic mass is 13.6. The fourth-order valence-corrected chi connectivity index (χ4v) is 0.688. The Hall–Kier alpha value is -5.72. The summed E-state index contributed by atoms with van der Waals surface area (Å²) in [6.45, 7) is 0. The highest BCUT2D eigenvalue weighted by molar-refractivity contribution is 5.47. The normalized spacial score (nSPS) is 3.77. The van der Waals surface area contributed by atoms with Crippen molar-refractivity contribution in [3.05, 3.63) is 12.8 Å². The molecule has 0 bridgehead atoms. The van der Waals surface area contributed by atoms with E-state index in [1.54, 1.807) is 0 Å². The van der Waals surface area contributed by atoms with Crippen LogP contribution in [-0.4, -0.2) is 0 Å². The minimum atomic E-state index is 1.87. The fraction of sp³-hybridized carbons (Fsp3) is 0. The third kappa shape index (κ3) is 18.3. The lowest BCUT2D eigenvalue weighted by Crippen LogP contribution is -1.56. The molecular formula is C26-2. The van der Waals surface area contributed by atoms with E-state index in [2.05, 4.69) is 130 Å².